The largest absolute Gasteiger partial charge is 0.369 e. The van der Waals surface area contributed by atoms with Gasteiger partial charge in [0.15, 0.2) is 0 Å². The highest BCUT2D eigenvalue weighted by Gasteiger charge is 2.57. The molecule has 2 fully saturated rings. The van der Waals surface area contributed by atoms with Crippen LogP contribution in [0.1, 0.15) is 37.9 Å². The summed E-state index contributed by atoms with van der Waals surface area (Å²) in [7, 11) is 0. The van der Waals surface area contributed by atoms with E-state index >= 15 is 0 Å². The van der Waals surface area contributed by atoms with Crippen LogP contribution >= 0.6 is 0 Å². The first-order valence-corrected chi connectivity index (χ1v) is 7.92. The van der Waals surface area contributed by atoms with Crippen LogP contribution in [0.3, 0.4) is 0 Å². The van der Waals surface area contributed by atoms with Crippen LogP contribution in [-0.4, -0.2) is 18.3 Å². The van der Waals surface area contributed by atoms with Crippen molar-refractivity contribution in [1.29, 1.82) is 0 Å². The molecule has 0 radical (unpaired) electrons. The van der Waals surface area contributed by atoms with Crippen LogP contribution in [0.2, 0.25) is 0 Å². The fourth-order valence-corrected chi connectivity index (χ4v) is 4.18. The Hall–Kier alpha value is -1.12. The summed E-state index contributed by atoms with van der Waals surface area (Å²) in [4.78, 5) is 0. The second-order valence-electron chi connectivity index (χ2n) is 6.25. The van der Waals surface area contributed by atoms with Crippen molar-refractivity contribution in [2.24, 2.45) is 11.8 Å². The van der Waals surface area contributed by atoms with E-state index in [2.05, 4.69) is 49.4 Å². The summed E-state index contributed by atoms with van der Waals surface area (Å²) in [6.45, 7) is 2.25. The predicted molar refractivity (Wildman–Crippen MR) is 78.4 cm³/mol. The van der Waals surface area contributed by atoms with Crippen molar-refractivity contribution in [2.75, 3.05) is 0 Å². The molecule has 2 nitrogen and oxygen atoms in total. The predicted octanol–water partition coefficient (Wildman–Crippen LogP) is 3.89. The maximum Gasteiger partial charge on any atom is 0.0889 e. The van der Waals surface area contributed by atoms with E-state index in [-0.39, 0.29) is 12.2 Å². The quantitative estimate of drug-likeness (QED) is 0.773. The van der Waals surface area contributed by atoms with E-state index < -0.39 is 0 Å². The smallest absolute Gasteiger partial charge is 0.0889 e. The Labute approximate surface area is 120 Å². The van der Waals surface area contributed by atoms with E-state index in [1.165, 1.54) is 24.8 Å². The normalized spacial score (nSPS) is 41.2. The van der Waals surface area contributed by atoms with E-state index in [0.29, 0.717) is 24.0 Å². The first-order chi connectivity index (χ1) is 9.88. The Morgan fingerprint density at radius 3 is 2.45 bits per heavy atom. The molecule has 0 aliphatic carbocycles. The minimum Gasteiger partial charge on any atom is -0.369 e. The lowest BCUT2D eigenvalue weighted by Crippen LogP contribution is -2.28. The molecule has 0 spiro atoms. The summed E-state index contributed by atoms with van der Waals surface area (Å²) in [5.74, 6) is 1.07. The summed E-state index contributed by atoms with van der Waals surface area (Å²) in [6.07, 6.45) is 9.28. The molecule has 0 unspecified atom stereocenters. The van der Waals surface area contributed by atoms with Crippen molar-refractivity contribution in [3.63, 3.8) is 0 Å². The Morgan fingerprint density at radius 2 is 1.70 bits per heavy atom. The molecule has 0 amide bonds. The van der Waals surface area contributed by atoms with E-state index in [1.807, 2.05) is 0 Å². The highest BCUT2D eigenvalue weighted by atomic mass is 16.5. The first kappa shape index (κ1) is 12.6. The second kappa shape index (κ2) is 5.01. The van der Waals surface area contributed by atoms with Crippen LogP contribution in [0.15, 0.2) is 42.5 Å². The van der Waals surface area contributed by atoms with Crippen molar-refractivity contribution in [3.05, 3.63) is 48.0 Å². The zero-order valence-electron chi connectivity index (χ0n) is 11.9. The van der Waals surface area contributed by atoms with Gasteiger partial charge in [0, 0.05) is 11.8 Å². The van der Waals surface area contributed by atoms with E-state index in [9.17, 15) is 0 Å². The Morgan fingerprint density at radius 1 is 0.950 bits per heavy atom. The first-order valence-electron chi connectivity index (χ1n) is 7.92. The molecule has 6 atom stereocenters. The molecule has 0 N–H and O–H groups in total. The van der Waals surface area contributed by atoms with Crippen molar-refractivity contribution < 1.29 is 9.47 Å². The zero-order chi connectivity index (χ0) is 13.5. The molecular formula is C18H22O2. The number of rotatable bonds is 4. The highest BCUT2D eigenvalue weighted by Crippen LogP contribution is 2.55. The molecule has 1 aromatic rings. The molecular weight excluding hydrogens is 248 g/mol. The number of fused-ring (bicyclic) bond motifs is 5. The minimum atomic E-state index is 0.211. The molecule has 3 aliphatic rings. The molecule has 3 aliphatic heterocycles. The van der Waals surface area contributed by atoms with Gasteiger partial charge in [-0.3, -0.25) is 0 Å². The van der Waals surface area contributed by atoms with Crippen molar-refractivity contribution in [3.8, 4) is 0 Å². The fourth-order valence-electron chi connectivity index (χ4n) is 4.18. The summed E-state index contributed by atoms with van der Waals surface area (Å²) in [5, 5.41) is 0. The Kier molecular flexibility index (Phi) is 3.16. The monoisotopic (exact) mass is 270 g/mol. The molecule has 1 aromatic carbocycles. The molecule has 4 rings (SSSR count). The molecule has 2 bridgehead atoms. The second-order valence-corrected chi connectivity index (χ2v) is 6.25. The van der Waals surface area contributed by atoms with Gasteiger partial charge in [0.05, 0.1) is 24.4 Å². The Bertz CT molecular complexity index is 495. The van der Waals surface area contributed by atoms with Crippen LogP contribution in [-0.2, 0) is 9.47 Å². The number of hydrogen-bond donors (Lipinski definition) is 0. The van der Waals surface area contributed by atoms with Gasteiger partial charge >= 0.3 is 0 Å². The van der Waals surface area contributed by atoms with Gasteiger partial charge in [0.1, 0.15) is 0 Å². The van der Waals surface area contributed by atoms with Gasteiger partial charge in [0.2, 0.25) is 0 Å². The highest BCUT2D eigenvalue weighted by molar-refractivity contribution is 5.26. The van der Waals surface area contributed by atoms with Gasteiger partial charge in [0.25, 0.3) is 0 Å². The number of ether oxygens (including phenoxy) is 2. The van der Waals surface area contributed by atoms with E-state index in [1.54, 1.807) is 0 Å². The van der Waals surface area contributed by atoms with E-state index in [0.717, 1.165) is 0 Å². The molecule has 3 heterocycles. The van der Waals surface area contributed by atoms with Gasteiger partial charge < -0.3 is 9.47 Å². The zero-order valence-corrected chi connectivity index (χ0v) is 11.9. The van der Waals surface area contributed by atoms with Crippen LogP contribution in [0.25, 0.3) is 0 Å². The minimum absolute atomic E-state index is 0.211. The lowest BCUT2D eigenvalue weighted by atomic mass is 9.77. The third kappa shape index (κ3) is 1.86. The average Bonchev–Trinajstić information content (AvgIpc) is 3.18. The fraction of sp³-hybridized carbons (Fsp3) is 0.556. The van der Waals surface area contributed by atoms with Gasteiger partial charge in [-0.25, -0.2) is 0 Å². The standard InChI is InChI=1S/C18H22O2/c1-2-3-9-13-16-14-10-11-15(19-14)17(16)18(20-13)12-7-5-4-6-8-12/h4-8,10-11,13-18H,2-3,9H2,1H3/t13-,14-,15+,16+,17+,18+/m1/s1. The van der Waals surface area contributed by atoms with Crippen LogP contribution in [0.4, 0.5) is 0 Å². The summed E-state index contributed by atoms with van der Waals surface area (Å²) >= 11 is 0. The lowest BCUT2D eigenvalue weighted by Gasteiger charge is -2.21. The van der Waals surface area contributed by atoms with Gasteiger partial charge in [-0.05, 0) is 12.0 Å². The van der Waals surface area contributed by atoms with Crippen LogP contribution in [0.5, 0.6) is 0 Å². The van der Waals surface area contributed by atoms with Crippen molar-refractivity contribution in [1.82, 2.24) is 0 Å². The van der Waals surface area contributed by atoms with Gasteiger partial charge in [-0.2, -0.15) is 0 Å². The molecule has 0 aromatic heterocycles. The van der Waals surface area contributed by atoms with Gasteiger partial charge in [-0.15, -0.1) is 0 Å². The van der Waals surface area contributed by atoms with Crippen LogP contribution < -0.4 is 0 Å². The lowest BCUT2D eigenvalue weighted by molar-refractivity contribution is -0.0262. The molecule has 2 heteroatoms. The summed E-state index contributed by atoms with van der Waals surface area (Å²) in [5.41, 5.74) is 1.31. The number of hydrogen-bond acceptors (Lipinski definition) is 2. The van der Waals surface area contributed by atoms with Crippen molar-refractivity contribution in [2.45, 2.75) is 50.6 Å². The van der Waals surface area contributed by atoms with Crippen molar-refractivity contribution >= 4 is 0 Å². The SMILES string of the molecule is CCCC[C@H]1O[C@@H](c2ccccc2)[C@@H]2[C@@H]1[C@H]1C=C[C@@H]2O1. The summed E-state index contributed by atoms with van der Waals surface area (Å²) < 4.78 is 12.6. The molecule has 20 heavy (non-hydrogen) atoms. The average molecular weight is 270 g/mol. The third-order valence-electron chi connectivity index (χ3n) is 5.08. The third-order valence-corrected chi connectivity index (χ3v) is 5.08. The molecule has 2 saturated heterocycles. The maximum absolute atomic E-state index is 6.48. The molecule has 0 saturated carbocycles. The number of unbranched alkanes of at least 4 members (excludes halogenated alkanes) is 1. The summed E-state index contributed by atoms with van der Waals surface area (Å²) in [6, 6.07) is 10.7. The number of benzene rings is 1. The topological polar surface area (TPSA) is 18.5 Å². The van der Waals surface area contributed by atoms with E-state index in [4.69, 9.17) is 9.47 Å². The maximum atomic E-state index is 6.48. The van der Waals surface area contributed by atoms with Gasteiger partial charge in [-0.1, -0.05) is 62.2 Å². The van der Waals surface area contributed by atoms with Crippen LogP contribution in [0, 0.1) is 11.8 Å². The molecule has 106 valence electrons. The Balaban J connectivity index is 1.63.